The highest BCUT2D eigenvalue weighted by atomic mass is 16.2. The zero-order valence-corrected chi connectivity index (χ0v) is 9.36. The molecule has 82 valence electrons. The fraction of sp³-hybridized carbons (Fsp3) is 0.900. The molecule has 1 rings (SSSR count). The van der Waals surface area contributed by atoms with Crippen molar-refractivity contribution >= 4 is 5.91 Å². The van der Waals surface area contributed by atoms with E-state index >= 15 is 0 Å². The van der Waals surface area contributed by atoms with E-state index in [1.807, 2.05) is 11.9 Å². The van der Waals surface area contributed by atoms with Crippen molar-refractivity contribution in [3.8, 4) is 0 Å². The van der Waals surface area contributed by atoms with Crippen molar-refractivity contribution in [3.63, 3.8) is 0 Å². The number of nitrogens with zero attached hydrogens (tertiary/aromatic N) is 2. The summed E-state index contributed by atoms with van der Waals surface area (Å²) >= 11 is 0. The number of carbonyl (C=O) groups excluding carboxylic acids is 1. The Hall–Kier alpha value is -0.610. The summed E-state index contributed by atoms with van der Waals surface area (Å²) in [6.07, 6.45) is 1.01. The van der Waals surface area contributed by atoms with Gasteiger partial charge in [0.1, 0.15) is 6.04 Å². The van der Waals surface area contributed by atoms with Crippen LogP contribution in [0, 0.1) is 0 Å². The summed E-state index contributed by atoms with van der Waals surface area (Å²) in [4.78, 5) is 15.9. The summed E-state index contributed by atoms with van der Waals surface area (Å²) in [5.41, 5.74) is 5.62. The number of rotatable bonds is 3. The van der Waals surface area contributed by atoms with Crippen molar-refractivity contribution < 1.29 is 4.79 Å². The van der Waals surface area contributed by atoms with Crippen molar-refractivity contribution in [3.05, 3.63) is 0 Å². The lowest BCUT2D eigenvalue weighted by Gasteiger charge is -2.42. The van der Waals surface area contributed by atoms with E-state index in [4.69, 9.17) is 5.73 Å². The molecule has 2 N–H and O–H groups in total. The molecule has 0 aliphatic carbocycles. The Kier molecular flexibility index (Phi) is 3.89. The molecular formula is C10H21N3O. The maximum Gasteiger partial charge on any atom is 0.241 e. The van der Waals surface area contributed by atoms with Crippen molar-refractivity contribution in [2.45, 2.75) is 32.4 Å². The summed E-state index contributed by atoms with van der Waals surface area (Å²) in [7, 11) is 1.98. The largest absolute Gasteiger partial charge is 0.340 e. The van der Waals surface area contributed by atoms with Crippen LogP contribution in [0.15, 0.2) is 0 Å². The first-order valence-electron chi connectivity index (χ1n) is 5.32. The summed E-state index contributed by atoms with van der Waals surface area (Å²) in [5, 5.41) is 0. The maximum absolute atomic E-state index is 11.9. The van der Waals surface area contributed by atoms with Gasteiger partial charge in [0.15, 0.2) is 0 Å². The van der Waals surface area contributed by atoms with Gasteiger partial charge >= 0.3 is 0 Å². The van der Waals surface area contributed by atoms with Crippen LogP contribution in [0.2, 0.25) is 0 Å². The van der Waals surface area contributed by atoms with Crippen LogP contribution in [0.3, 0.4) is 0 Å². The molecule has 2 atom stereocenters. The first-order valence-corrected chi connectivity index (χ1v) is 5.32. The Morgan fingerprint density at radius 2 is 2.21 bits per heavy atom. The summed E-state index contributed by atoms with van der Waals surface area (Å²) in [6, 6.07) is 0.290. The maximum atomic E-state index is 11.9. The van der Waals surface area contributed by atoms with Crippen molar-refractivity contribution in [1.29, 1.82) is 0 Å². The number of likely N-dealkylation sites (N-methyl/N-ethyl adjacent to an activating group) is 1. The number of nitrogens with two attached hydrogens (primary N) is 1. The number of hydrogen-bond acceptors (Lipinski definition) is 3. The van der Waals surface area contributed by atoms with Gasteiger partial charge in [0.05, 0.1) is 0 Å². The Bertz CT molecular complexity index is 208. The van der Waals surface area contributed by atoms with Gasteiger partial charge in [0, 0.05) is 25.7 Å². The molecule has 14 heavy (non-hydrogen) atoms. The standard InChI is InChI=1S/C10H21N3O/c1-4-5-13-7-8(2)12(3)9(6-11)10(13)14/h8-9H,4-7,11H2,1-3H3. The molecule has 0 radical (unpaired) electrons. The van der Waals surface area contributed by atoms with Gasteiger partial charge in [-0.1, -0.05) is 6.92 Å². The molecular weight excluding hydrogens is 178 g/mol. The third-order valence-electron chi connectivity index (χ3n) is 2.99. The van der Waals surface area contributed by atoms with Gasteiger partial charge < -0.3 is 10.6 Å². The molecule has 0 bridgehead atoms. The molecule has 1 aliphatic heterocycles. The monoisotopic (exact) mass is 199 g/mol. The van der Waals surface area contributed by atoms with Crippen LogP contribution >= 0.6 is 0 Å². The molecule has 1 saturated heterocycles. The fourth-order valence-electron chi connectivity index (χ4n) is 1.97. The van der Waals surface area contributed by atoms with E-state index in [0.29, 0.717) is 12.6 Å². The Morgan fingerprint density at radius 1 is 1.57 bits per heavy atom. The number of amides is 1. The van der Waals surface area contributed by atoms with E-state index < -0.39 is 0 Å². The minimum Gasteiger partial charge on any atom is -0.340 e. The average molecular weight is 199 g/mol. The first kappa shape index (κ1) is 11.5. The molecule has 1 heterocycles. The predicted octanol–water partition coefficient (Wildman–Crippen LogP) is -0.114. The van der Waals surface area contributed by atoms with Crippen LogP contribution in [0.25, 0.3) is 0 Å². The first-order chi connectivity index (χ1) is 6.61. The summed E-state index contributed by atoms with van der Waals surface area (Å²) < 4.78 is 0. The highest BCUT2D eigenvalue weighted by molar-refractivity contribution is 5.83. The van der Waals surface area contributed by atoms with E-state index in [9.17, 15) is 4.79 Å². The SMILES string of the molecule is CCCN1CC(C)N(C)C(CN)C1=O. The van der Waals surface area contributed by atoms with Crippen LogP contribution in [0.1, 0.15) is 20.3 Å². The van der Waals surface area contributed by atoms with Crippen molar-refractivity contribution in [2.24, 2.45) is 5.73 Å². The van der Waals surface area contributed by atoms with Crippen molar-refractivity contribution in [1.82, 2.24) is 9.80 Å². The van der Waals surface area contributed by atoms with Gasteiger partial charge in [0.2, 0.25) is 5.91 Å². The molecule has 4 heteroatoms. The second kappa shape index (κ2) is 4.75. The Morgan fingerprint density at radius 3 is 2.71 bits per heavy atom. The number of hydrogen-bond donors (Lipinski definition) is 1. The molecule has 0 aromatic heterocycles. The summed E-state index contributed by atoms with van der Waals surface area (Å²) in [6.45, 7) is 6.33. The zero-order valence-electron chi connectivity index (χ0n) is 9.36. The quantitative estimate of drug-likeness (QED) is 0.690. The smallest absolute Gasteiger partial charge is 0.241 e. The summed E-state index contributed by atoms with van der Waals surface area (Å²) in [5.74, 6) is 0.190. The predicted molar refractivity (Wildman–Crippen MR) is 56.9 cm³/mol. The zero-order chi connectivity index (χ0) is 10.7. The molecule has 0 spiro atoms. The second-order valence-corrected chi connectivity index (χ2v) is 4.05. The van der Waals surface area contributed by atoms with E-state index in [2.05, 4.69) is 18.7 Å². The average Bonchev–Trinajstić information content (AvgIpc) is 2.16. The lowest BCUT2D eigenvalue weighted by molar-refractivity contribution is -0.143. The minimum absolute atomic E-state index is 0.120. The lowest BCUT2D eigenvalue weighted by atomic mass is 10.1. The molecule has 1 amide bonds. The topological polar surface area (TPSA) is 49.6 Å². The third kappa shape index (κ3) is 2.07. The Balaban J connectivity index is 2.70. The van der Waals surface area contributed by atoms with E-state index in [1.165, 1.54) is 0 Å². The molecule has 0 aromatic carbocycles. The molecule has 4 nitrogen and oxygen atoms in total. The van der Waals surface area contributed by atoms with E-state index in [0.717, 1.165) is 19.5 Å². The molecule has 2 unspecified atom stereocenters. The van der Waals surface area contributed by atoms with E-state index in [-0.39, 0.29) is 11.9 Å². The molecule has 1 fully saturated rings. The number of carbonyl (C=O) groups is 1. The van der Waals surface area contributed by atoms with Gasteiger partial charge in [0.25, 0.3) is 0 Å². The van der Waals surface area contributed by atoms with Crippen LogP contribution in [-0.2, 0) is 4.79 Å². The highest BCUT2D eigenvalue weighted by Crippen LogP contribution is 2.14. The fourth-order valence-corrected chi connectivity index (χ4v) is 1.97. The molecule has 1 aliphatic rings. The molecule has 0 aromatic rings. The van der Waals surface area contributed by atoms with Crippen LogP contribution in [0.5, 0.6) is 0 Å². The minimum atomic E-state index is -0.120. The van der Waals surface area contributed by atoms with Crippen molar-refractivity contribution in [2.75, 3.05) is 26.7 Å². The highest BCUT2D eigenvalue weighted by Gasteiger charge is 2.34. The lowest BCUT2D eigenvalue weighted by Crippen LogP contribution is -2.61. The van der Waals surface area contributed by atoms with E-state index in [1.54, 1.807) is 0 Å². The van der Waals surface area contributed by atoms with Gasteiger partial charge in [-0.15, -0.1) is 0 Å². The third-order valence-corrected chi connectivity index (χ3v) is 2.99. The second-order valence-electron chi connectivity index (χ2n) is 4.05. The normalized spacial score (nSPS) is 29.7. The van der Waals surface area contributed by atoms with Crippen LogP contribution in [0.4, 0.5) is 0 Å². The Labute approximate surface area is 86.0 Å². The van der Waals surface area contributed by atoms with Crippen LogP contribution < -0.4 is 5.73 Å². The van der Waals surface area contributed by atoms with Crippen LogP contribution in [-0.4, -0.2) is 54.5 Å². The van der Waals surface area contributed by atoms with Gasteiger partial charge in [-0.3, -0.25) is 9.69 Å². The molecule has 0 saturated carbocycles. The van der Waals surface area contributed by atoms with Gasteiger partial charge in [-0.25, -0.2) is 0 Å². The van der Waals surface area contributed by atoms with Gasteiger partial charge in [-0.2, -0.15) is 0 Å². The number of piperazine rings is 1. The van der Waals surface area contributed by atoms with Gasteiger partial charge in [-0.05, 0) is 20.4 Å².